The molecular weight excluding hydrogens is 1430 g/mol. The topological polar surface area (TPSA) is 101 Å². The molecule has 16 aromatic carbocycles. The molecule has 0 unspecified atom stereocenters. The van der Waals surface area contributed by atoms with E-state index in [1.807, 2.05) is 127 Å². The smallest absolute Gasteiger partial charge is 0.164 e. The maximum atomic E-state index is 6.79. The van der Waals surface area contributed by atoms with Gasteiger partial charge in [0.05, 0.1) is 27.6 Å². The Morgan fingerprint density at radius 3 is 1.03 bits per heavy atom. The lowest BCUT2D eigenvalue weighted by molar-refractivity contribution is 0.436. The Morgan fingerprint density at radius 1 is 0.252 bits per heavy atom. The number of hydrogen-bond acceptors (Lipinski definition) is 8. The van der Waals surface area contributed by atoms with Gasteiger partial charge in [0.1, 0.15) is 23.0 Å². The Labute approximate surface area is 669 Å². The molecule has 5 aliphatic rings. The molecule has 2 spiro atoms. The molecule has 540 valence electrons. The summed E-state index contributed by atoms with van der Waals surface area (Å²) in [5.41, 5.74) is 26.8. The van der Waals surface area contributed by atoms with Crippen LogP contribution in [-0.4, -0.2) is 34.5 Å². The second kappa shape index (κ2) is 27.3. The monoisotopic (exact) mass is 1490 g/mol. The summed E-state index contributed by atoms with van der Waals surface area (Å²) in [6.45, 7) is 0. The van der Waals surface area contributed by atoms with Crippen LogP contribution in [0.3, 0.4) is 0 Å². The zero-order chi connectivity index (χ0) is 76.1. The van der Waals surface area contributed by atoms with Gasteiger partial charge in [-0.25, -0.2) is 29.9 Å². The fourth-order valence-electron chi connectivity index (χ4n) is 18.6. The molecular formula is C105H66ClN7O2. The summed E-state index contributed by atoms with van der Waals surface area (Å²) in [4.78, 5) is 30.8. The van der Waals surface area contributed by atoms with E-state index in [0.717, 1.165) is 141 Å². The molecule has 0 atom stereocenters. The van der Waals surface area contributed by atoms with Crippen molar-refractivity contribution >= 4 is 33.4 Å². The van der Waals surface area contributed by atoms with Crippen molar-refractivity contribution < 1.29 is 9.47 Å². The van der Waals surface area contributed by atoms with Gasteiger partial charge < -0.3 is 14.0 Å². The van der Waals surface area contributed by atoms with Crippen molar-refractivity contribution in [2.24, 2.45) is 0 Å². The average molecular weight is 1490 g/mol. The lowest BCUT2D eigenvalue weighted by atomic mass is 9.65. The minimum atomic E-state index is -0.743. The minimum absolute atomic E-state index is 0.617. The number of ether oxygens (including phenoxy) is 2. The van der Waals surface area contributed by atoms with Crippen LogP contribution in [-0.2, 0) is 17.3 Å². The van der Waals surface area contributed by atoms with E-state index >= 15 is 0 Å². The standard InChI is InChI=1S/C52H32N4O.C40H24ClN3O.C13H10/c1-3-17-33(18-4-1)49-53-50(34-19-5-2-6-20-34)55-51(54-49)38-24-15-27-41-47(38)37-23-16-30-44(56-42-28-11-7-21-35(42)36-22-8-12-29-43(36)56)48(37)52(41)39-25-9-13-31-45(39)57-46-32-14-10-26-40(46)52;41-27-22-23-28-33(24-27)40(30-17-7-9-20-34(30)45-35-21-10-8-18-31(35)40)32-19-11-16-29(36(28)32)39-43-37(25-12-3-1-4-13-25)42-38(44-39)26-14-5-2-6-15-26;1-3-7-12-10(5-1)9-11-6-2-4-8-13(11)12/h1-32H;1-24H;1-8H,9H2. The quantitative estimate of drug-likeness (QED) is 0.156. The SMILES string of the molecule is Clc1ccc2c(c1)C1(c3ccccc3Oc3ccccc31)c1cccc(-c3nc(-c4ccccc4)nc(-c4ccccc4)n3)c1-2.c1ccc(-c2nc(-c3ccccc3)nc(-c3cccc4c3-c3cccc(-n5c6ccccc6c6ccccc65)c3C43c4ccccc4Oc4ccccc43)n2)cc1.c1ccc2c(c1)Cc1ccccc1-2. The molecule has 0 radical (unpaired) electrons. The maximum absolute atomic E-state index is 6.79. The second-order valence-corrected chi connectivity index (χ2v) is 29.9. The number of rotatable bonds is 7. The molecule has 5 heterocycles. The van der Waals surface area contributed by atoms with Crippen LogP contribution in [0, 0.1) is 0 Å². The number of fused-ring (bicyclic) bond motifs is 24. The van der Waals surface area contributed by atoms with E-state index in [4.69, 9.17) is 51.0 Å². The Morgan fingerprint density at radius 2 is 0.583 bits per heavy atom. The highest BCUT2D eigenvalue weighted by molar-refractivity contribution is 6.31. The number of hydrogen-bond donors (Lipinski definition) is 0. The van der Waals surface area contributed by atoms with Gasteiger partial charge in [0.15, 0.2) is 34.9 Å². The molecule has 3 aliphatic carbocycles. The maximum Gasteiger partial charge on any atom is 0.164 e. The van der Waals surface area contributed by atoms with E-state index in [1.165, 1.54) is 38.6 Å². The van der Waals surface area contributed by atoms with Gasteiger partial charge in [0, 0.05) is 77.0 Å². The van der Waals surface area contributed by atoms with Crippen molar-refractivity contribution in [2.45, 2.75) is 17.3 Å². The van der Waals surface area contributed by atoms with Crippen molar-refractivity contribution in [1.29, 1.82) is 0 Å². The Balaban J connectivity index is 0.000000123. The number of aromatic nitrogens is 7. The number of nitrogens with zero attached hydrogens (tertiary/aromatic N) is 7. The third-order valence-electron chi connectivity index (χ3n) is 23.3. The third kappa shape index (κ3) is 10.7. The first kappa shape index (κ1) is 67.2. The van der Waals surface area contributed by atoms with E-state index in [0.29, 0.717) is 40.0 Å². The van der Waals surface area contributed by atoms with Crippen LogP contribution in [0.25, 0.3) is 129 Å². The number of halogens is 1. The first-order valence-electron chi connectivity index (χ1n) is 38.8. The average Bonchev–Trinajstić information content (AvgIpc) is 1.52. The van der Waals surface area contributed by atoms with Gasteiger partial charge in [-0.3, -0.25) is 0 Å². The van der Waals surface area contributed by atoms with Gasteiger partial charge >= 0.3 is 0 Å². The Hall–Kier alpha value is -14.8. The fraction of sp³-hybridized carbons (Fsp3) is 0.0286. The first-order chi connectivity index (χ1) is 56.9. The van der Waals surface area contributed by atoms with Crippen LogP contribution < -0.4 is 9.47 Å². The molecule has 3 aromatic heterocycles. The van der Waals surface area contributed by atoms with Crippen LogP contribution in [0.2, 0.25) is 5.02 Å². The number of benzene rings is 16. The molecule has 0 amide bonds. The summed E-state index contributed by atoms with van der Waals surface area (Å²) >= 11 is 6.79. The van der Waals surface area contributed by atoms with E-state index in [2.05, 4.69) is 265 Å². The van der Waals surface area contributed by atoms with Crippen LogP contribution >= 0.6 is 11.6 Å². The minimum Gasteiger partial charge on any atom is -0.457 e. The summed E-state index contributed by atoms with van der Waals surface area (Å²) < 4.78 is 15.7. The van der Waals surface area contributed by atoms with Crippen LogP contribution in [0.15, 0.2) is 388 Å². The van der Waals surface area contributed by atoms with Gasteiger partial charge in [0.25, 0.3) is 0 Å². The molecule has 19 aromatic rings. The summed E-state index contributed by atoms with van der Waals surface area (Å²) in [6, 6.07) is 135. The van der Waals surface area contributed by atoms with Crippen molar-refractivity contribution in [3.05, 3.63) is 449 Å². The number of para-hydroxylation sites is 6. The lowest BCUT2D eigenvalue weighted by Gasteiger charge is -2.40. The van der Waals surface area contributed by atoms with E-state index in [-0.39, 0.29) is 0 Å². The van der Waals surface area contributed by atoms with E-state index < -0.39 is 10.8 Å². The van der Waals surface area contributed by atoms with Gasteiger partial charge in [-0.05, 0) is 122 Å². The third-order valence-corrected chi connectivity index (χ3v) is 23.5. The molecule has 10 heteroatoms. The molecule has 115 heavy (non-hydrogen) atoms. The predicted molar refractivity (Wildman–Crippen MR) is 461 cm³/mol. The van der Waals surface area contributed by atoms with Crippen molar-refractivity contribution in [3.63, 3.8) is 0 Å². The highest BCUT2D eigenvalue weighted by Gasteiger charge is 2.55. The first-order valence-corrected chi connectivity index (χ1v) is 39.2. The molecule has 0 fully saturated rings. The zero-order valence-corrected chi connectivity index (χ0v) is 62.7. The molecule has 0 saturated heterocycles. The highest BCUT2D eigenvalue weighted by Crippen LogP contribution is 2.66. The van der Waals surface area contributed by atoms with Crippen LogP contribution in [0.5, 0.6) is 23.0 Å². The summed E-state index contributed by atoms with van der Waals surface area (Å²) in [5, 5.41) is 3.12. The van der Waals surface area contributed by atoms with Gasteiger partial charge in [-0.1, -0.05) is 345 Å². The van der Waals surface area contributed by atoms with E-state index in [9.17, 15) is 0 Å². The second-order valence-electron chi connectivity index (χ2n) is 29.5. The normalized spacial score (nSPS) is 13.2. The molecule has 0 bridgehead atoms. The molecule has 9 nitrogen and oxygen atoms in total. The van der Waals surface area contributed by atoms with Gasteiger partial charge in [0.2, 0.25) is 0 Å². The zero-order valence-electron chi connectivity index (χ0n) is 62.0. The molecule has 0 saturated carbocycles. The van der Waals surface area contributed by atoms with Crippen LogP contribution in [0.4, 0.5) is 0 Å². The largest absolute Gasteiger partial charge is 0.457 e. The van der Waals surface area contributed by atoms with Crippen molar-refractivity contribution in [2.75, 3.05) is 0 Å². The summed E-state index contributed by atoms with van der Waals surface area (Å²) in [7, 11) is 0. The van der Waals surface area contributed by atoms with Crippen LogP contribution in [0.1, 0.15) is 55.6 Å². The van der Waals surface area contributed by atoms with Crippen molar-refractivity contribution in [3.8, 4) is 130 Å². The summed E-state index contributed by atoms with van der Waals surface area (Å²) in [6.07, 6.45) is 1.10. The molecule has 0 N–H and O–H groups in total. The lowest BCUT2D eigenvalue weighted by Crippen LogP contribution is -2.33. The Kier molecular flexibility index (Phi) is 15.9. The predicted octanol–water partition coefficient (Wildman–Crippen LogP) is 25.7. The molecule has 24 rings (SSSR count). The van der Waals surface area contributed by atoms with Gasteiger partial charge in [-0.2, -0.15) is 0 Å². The Bertz CT molecular complexity index is 6800. The summed E-state index contributed by atoms with van der Waals surface area (Å²) in [5.74, 6) is 7.11. The molecule has 2 aliphatic heterocycles. The fourth-order valence-corrected chi connectivity index (χ4v) is 18.8. The van der Waals surface area contributed by atoms with Gasteiger partial charge in [-0.15, -0.1) is 0 Å². The van der Waals surface area contributed by atoms with E-state index in [1.54, 1.807) is 0 Å². The highest BCUT2D eigenvalue weighted by atomic mass is 35.5. The van der Waals surface area contributed by atoms with Crippen molar-refractivity contribution in [1.82, 2.24) is 34.5 Å².